The molecule has 1 atom stereocenters. The normalized spacial score (nSPS) is 20.3. The van der Waals surface area contributed by atoms with E-state index in [9.17, 15) is 0 Å². The summed E-state index contributed by atoms with van der Waals surface area (Å²) in [6.07, 6.45) is 4.97. The van der Waals surface area contributed by atoms with Gasteiger partial charge in [0.1, 0.15) is 5.84 Å². The predicted octanol–water partition coefficient (Wildman–Crippen LogP) is 2.74. The van der Waals surface area contributed by atoms with Crippen LogP contribution >= 0.6 is 0 Å². The van der Waals surface area contributed by atoms with Crippen molar-refractivity contribution in [3.8, 4) is 0 Å². The minimum atomic E-state index is 0.168. The second kappa shape index (κ2) is 5.21. The number of anilines is 1. The molecule has 17 heavy (non-hydrogen) atoms. The lowest BCUT2D eigenvalue weighted by molar-refractivity contribution is 0.450. The lowest BCUT2D eigenvalue weighted by atomic mass is 9.98. The second-order valence-electron chi connectivity index (χ2n) is 4.68. The molecule has 0 aromatic heterocycles. The van der Waals surface area contributed by atoms with Gasteiger partial charge in [0.2, 0.25) is 0 Å². The van der Waals surface area contributed by atoms with Gasteiger partial charge in [0, 0.05) is 23.8 Å². The number of hydrogen-bond donors (Lipinski definition) is 2. The number of amidine groups is 1. The zero-order chi connectivity index (χ0) is 12.3. The average molecular weight is 231 g/mol. The molecule has 3 nitrogen and oxygen atoms in total. The Morgan fingerprint density at radius 2 is 2.18 bits per heavy atom. The van der Waals surface area contributed by atoms with E-state index in [1.807, 2.05) is 18.2 Å². The van der Waals surface area contributed by atoms with Crippen LogP contribution in [0.2, 0.25) is 0 Å². The quantitative estimate of drug-likeness (QED) is 0.621. The number of para-hydroxylation sites is 1. The molecule has 1 heterocycles. The van der Waals surface area contributed by atoms with Gasteiger partial charge in [-0.3, -0.25) is 5.41 Å². The van der Waals surface area contributed by atoms with Gasteiger partial charge in [0.05, 0.1) is 0 Å². The van der Waals surface area contributed by atoms with Gasteiger partial charge >= 0.3 is 0 Å². The highest BCUT2D eigenvalue weighted by Gasteiger charge is 2.23. The number of nitrogen functional groups attached to an aromatic ring is 1. The molecule has 92 valence electrons. The fraction of sp³-hybridized carbons (Fsp3) is 0.500. The summed E-state index contributed by atoms with van der Waals surface area (Å²) in [6.45, 7) is 3.32. The maximum atomic E-state index is 7.67. The first kappa shape index (κ1) is 12.0. The average Bonchev–Trinajstić information content (AvgIpc) is 2.38. The molecule has 0 radical (unpaired) electrons. The third-order valence-electron chi connectivity index (χ3n) is 3.60. The minimum absolute atomic E-state index is 0.168. The number of rotatable bonds is 3. The van der Waals surface area contributed by atoms with Gasteiger partial charge < -0.3 is 10.6 Å². The molecule has 2 rings (SSSR count). The maximum Gasteiger partial charge on any atom is 0.124 e. The van der Waals surface area contributed by atoms with Crippen molar-refractivity contribution in [2.45, 2.75) is 38.6 Å². The van der Waals surface area contributed by atoms with E-state index in [2.05, 4.69) is 17.9 Å². The number of nitrogens with two attached hydrogens (primary N) is 1. The van der Waals surface area contributed by atoms with E-state index >= 15 is 0 Å². The van der Waals surface area contributed by atoms with Crippen molar-refractivity contribution in [3.63, 3.8) is 0 Å². The van der Waals surface area contributed by atoms with Gasteiger partial charge in [0.25, 0.3) is 0 Å². The van der Waals surface area contributed by atoms with Crippen LogP contribution in [0, 0.1) is 5.41 Å². The minimum Gasteiger partial charge on any atom is -0.384 e. The van der Waals surface area contributed by atoms with Crippen molar-refractivity contribution < 1.29 is 0 Å². The molecule has 0 bridgehead atoms. The molecule has 1 aromatic rings. The summed E-state index contributed by atoms with van der Waals surface area (Å²) >= 11 is 0. The van der Waals surface area contributed by atoms with Crippen LogP contribution in [-0.4, -0.2) is 18.4 Å². The molecular weight excluding hydrogens is 210 g/mol. The summed E-state index contributed by atoms with van der Waals surface area (Å²) in [5.41, 5.74) is 7.66. The molecule has 0 saturated carbocycles. The fourth-order valence-corrected chi connectivity index (χ4v) is 2.69. The number of piperidine rings is 1. The van der Waals surface area contributed by atoms with Crippen LogP contribution in [-0.2, 0) is 0 Å². The molecule has 3 heteroatoms. The Kier molecular flexibility index (Phi) is 3.67. The fourth-order valence-electron chi connectivity index (χ4n) is 2.69. The maximum absolute atomic E-state index is 7.67. The number of benzene rings is 1. The SMILES string of the molecule is CCC1CCCCN1c1ccccc1C(=N)N. The van der Waals surface area contributed by atoms with Crippen molar-refractivity contribution in [2.24, 2.45) is 5.73 Å². The van der Waals surface area contributed by atoms with Gasteiger partial charge in [-0.15, -0.1) is 0 Å². The van der Waals surface area contributed by atoms with Crippen LogP contribution in [0.5, 0.6) is 0 Å². The second-order valence-corrected chi connectivity index (χ2v) is 4.68. The smallest absolute Gasteiger partial charge is 0.124 e. The Bertz CT molecular complexity index is 400. The number of hydrogen-bond acceptors (Lipinski definition) is 2. The van der Waals surface area contributed by atoms with E-state index in [0.29, 0.717) is 6.04 Å². The van der Waals surface area contributed by atoms with Crippen molar-refractivity contribution in [3.05, 3.63) is 29.8 Å². The summed E-state index contributed by atoms with van der Waals surface area (Å²) in [6, 6.07) is 8.61. The van der Waals surface area contributed by atoms with E-state index < -0.39 is 0 Å². The molecule has 1 unspecified atom stereocenters. The first-order chi connectivity index (χ1) is 8.24. The Morgan fingerprint density at radius 1 is 1.41 bits per heavy atom. The Morgan fingerprint density at radius 3 is 2.88 bits per heavy atom. The van der Waals surface area contributed by atoms with Crippen LogP contribution in [0.25, 0.3) is 0 Å². The largest absolute Gasteiger partial charge is 0.384 e. The highest BCUT2D eigenvalue weighted by molar-refractivity contribution is 6.00. The number of nitrogens with one attached hydrogen (secondary N) is 1. The monoisotopic (exact) mass is 231 g/mol. The molecule has 0 aliphatic carbocycles. The molecule has 1 fully saturated rings. The summed E-state index contributed by atoms with van der Waals surface area (Å²) in [7, 11) is 0. The first-order valence-corrected chi connectivity index (χ1v) is 6.44. The van der Waals surface area contributed by atoms with Gasteiger partial charge in [-0.05, 0) is 37.8 Å². The van der Waals surface area contributed by atoms with Crippen molar-refractivity contribution in [1.29, 1.82) is 5.41 Å². The summed E-state index contributed by atoms with van der Waals surface area (Å²) in [5.74, 6) is 0.168. The summed E-state index contributed by atoms with van der Waals surface area (Å²) in [4.78, 5) is 2.43. The summed E-state index contributed by atoms with van der Waals surface area (Å²) < 4.78 is 0. The van der Waals surface area contributed by atoms with Crippen LogP contribution in [0.4, 0.5) is 5.69 Å². The van der Waals surface area contributed by atoms with Crippen LogP contribution in [0.3, 0.4) is 0 Å². The Hall–Kier alpha value is -1.51. The summed E-state index contributed by atoms with van der Waals surface area (Å²) in [5, 5.41) is 7.67. The van der Waals surface area contributed by atoms with Crippen LogP contribution in [0.1, 0.15) is 38.2 Å². The predicted molar refractivity (Wildman–Crippen MR) is 72.7 cm³/mol. The zero-order valence-electron chi connectivity index (χ0n) is 10.4. The molecule has 1 aliphatic rings. The first-order valence-electron chi connectivity index (χ1n) is 6.44. The molecule has 0 spiro atoms. The van der Waals surface area contributed by atoms with Crippen molar-refractivity contribution in [2.75, 3.05) is 11.4 Å². The third kappa shape index (κ3) is 2.43. The molecule has 1 saturated heterocycles. The van der Waals surface area contributed by atoms with Crippen molar-refractivity contribution >= 4 is 11.5 Å². The van der Waals surface area contributed by atoms with Gasteiger partial charge in [-0.2, -0.15) is 0 Å². The zero-order valence-corrected chi connectivity index (χ0v) is 10.4. The molecule has 0 amide bonds. The van der Waals surface area contributed by atoms with E-state index in [4.69, 9.17) is 11.1 Å². The highest BCUT2D eigenvalue weighted by Crippen LogP contribution is 2.28. The standard InChI is InChI=1S/C14H21N3/c1-2-11-7-5-6-10-17(11)13-9-4-3-8-12(13)14(15)16/h3-4,8-9,11H,2,5-7,10H2,1H3,(H3,15,16). The molecule has 3 N–H and O–H groups in total. The highest BCUT2D eigenvalue weighted by atomic mass is 15.2. The number of nitrogens with zero attached hydrogens (tertiary/aromatic N) is 1. The van der Waals surface area contributed by atoms with Gasteiger partial charge in [-0.25, -0.2) is 0 Å². The molecule has 1 aromatic carbocycles. The van der Waals surface area contributed by atoms with Gasteiger partial charge in [0.15, 0.2) is 0 Å². The molecule has 1 aliphatic heterocycles. The van der Waals surface area contributed by atoms with Gasteiger partial charge in [-0.1, -0.05) is 19.1 Å². The lowest BCUT2D eigenvalue weighted by Crippen LogP contribution is -2.40. The van der Waals surface area contributed by atoms with E-state index in [0.717, 1.165) is 24.2 Å². The van der Waals surface area contributed by atoms with Crippen LogP contribution in [0.15, 0.2) is 24.3 Å². The molecular formula is C14H21N3. The topological polar surface area (TPSA) is 53.1 Å². The van der Waals surface area contributed by atoms with Crippen molar-refractivity contribution in [1.82, 2.24) is 0 Å². The van der Waals surface area contributed by atoms with E-state index in [-0.39, 0.29) is 5.84 Å². The van der Waals surface area contributed by atoms with Crippen LogP contribution < -0.4 is 10.6 Å². The Balaban J connectivity index is 2.34. The third-order valence-corrected chi connectivity index (χ3v) is 3.60. The van der Waals surface area contributed by atoms with E-state index in [1.165, 1.54) is 19.3 Å². The van der Waals surface area contributed by atoms with E-state index in [1.54, 1.807) is 0 Å². The Labute approximate surface area is 103 Å². The lowest BCUT2D eigenvalue weighted by Gasteiger charge is -2.38.